The van der Waals surface area contributed by atoms with Crippen LogP contribution in [0.2, 0.25) is 0 Å². The molecule has 0 fully saturated rings. The van der Waals surface area contributed by atoms with Crippen LogP contribution in [-0.2, 0) is 27.4 Å². The van der Waals surface area contributed by atoms with Gasteiger partial charge in [0, 0.05) is 17.4 Å². The van der Waals surface area contributed by atoms with Crippen molar-refractivity contribution >= 4 is 15.8 Å². The lowest BCUT2D eigenvalue weighted by molar-refractivity contribution is -0.306. The second-order valence-electron chi connectivity index (χ2n) is 6.76. The van der Waals surface area contributed by atoms with Gasteiger partial charge in [0.05, 0.1) is 17.4 Å². The molecule has 10 heteroatoms. The molecule has 3 aromatic rings. The molecular weight excluding hydrogens is 421 g/mol. The second-order valence-corrected chi connectivity index (χ2v) is 8.78. The van der Waals surface area contributed by atoms with Gasteiger partial charge in [0.25, 0.3) is 0 Å². The molecule has 0 aliphatic heterocycles. The van der Waals surface area contributed by atoms with Crippen molar-refractivity contribution in [2.45, 2.75) is 24.5 Å². The highest BCUT2D eigenvalue weighted by molar-refractivity contribution is 7.90. The number of carboxylic acids is 1. The SMILES string of the molecule is Cc1ccc(-c2c(-c3ccc(S(C)(=O)=O)cc3)nn(CC(=O)[O-])c2C(F)(F)F)cc1. The van der Waals surface area contributed by atoms with Crippen molar-refractivity contribution in [2.75, 3.05) is 6.26 Å². The van der Waals surface area contributed by atoms with Crippen molar-refractivity contribution in [3.8, 4) is 22.4 Å². The van der Waals surface area contributed by atoms with Crippen molar-refractivity contribution in [1.82, 2.24) is 9.78 Å². The first-order chi connectivity index (χ1) is 13.9. The zero-order valence-corrected chi connectivity index (χ0v) is 16.7. The zero-order chi connectivity index (χ0) is 22.3. The van der Waals surface area contributed by atoms with E-state index in [-0.39, 0.29) is 27.3 Å². The summed E-state index contributed by atoms with van der Waals surface area (Å²) in [6.07, 6.45) is -3.89. The number of aryl methyl sites for hydroxylation is 1. The van der Waals surface area contributed by atoms with Gasteiger partial charge in [0.1, 0.15) is 5.69 Å². The third kappa shape index (κ3) is 4.38. The van der Waals surface area contributed by atoms with Crippen molar-refractivity contribution in [3.05, 3.63) is 59.8 Å². The summed E-state index contributed by atoms with van der Waals surface area (Å²) in [5.41, 5.74) is -0.408. The number of benzene rings is 2. The fraction of sp³-hybridized carbons (Fsp3) is 0.200. The van der Waals surface area contributed by atoms with E-state index >= 15 is 0 Å². The topological polar surface area (TPSA) is 92.1 Å². The third-order valence-electron chi connectivity index (χ3n) is 4.40. The maximum absolute atomic E-state index is 13.9. The van der Waals surface area contributed by atoms with E-state index in [0.717, 1.165) is 11.8 Å². The number of nitrogens with zero attached hydrogens (tertiary/aromatic N) is 2. The van der Waals surface area contributed by atoms with Crippen LogP contribution in [0, 0.1) is 6.92 Å². The molecule has 0 spiro atoms. The highest BCUT2D eigenvalue weighted by atomic mass is 32.2. The molecule has 3 rings (SSSR count). The molecular formula is C20H16F3N2O4S-. The van der Waals surface area contributed by atoms with Crippen molar-refractivity contribution in [3.63, 3.8) is 0 Å². The molecule has 1 aromatic heterocycles. The second kappa shape index (κ2) is 7.60. The first-order valence-corrected chi connectivity index (χ1v) is 10.5. The smallest absolute Gasteiger partial charge is 0.433 e. The van der Waals surface area contributed by atoms with E-state index in [9.17, 15) is 31.5 Å². The minimum Gasteiger partial charge on any atom is -0.548 e. The molecule has 0 bridgehead atoms. The first-order valence-electron chi connectivity index (χ1n) is 8.63. The van der Waals surface area contributed by atoms with Crippen LogP contribution in [0.5, 0.6) is 0 Å². The quantitative estimate of drug-likeness (QED) is 0.612. The number of alkyl halides is 3. The molecule has 0 atom stereocenters. The molecule has 0 radical (unpaired) electrons. The van der Waals surface area contributed by atoms with E-state index in [2.05, 4.69) is 5.10 Å². The fourth-order valence-electron chi connectivity index (χ4n) is 3.04. The van der Waals surface area contributed by atoms with E-state index in [1.165, 1.54) is 36.4 Å². The van der Waals surface area contributed by atoms with Gasteiger partial charge in [-0.15, -0.1) is 0 Å². The number of hydrogen-bond donors (Lipinski definition) is 0. The normalized spacial score (nSPS) is 12.2. The van der Waals surface area contributed by atoms with Crippen LogP contribution in [0.25, 0.3) is 22.4 Å². The van der Waals surface area contributed by atoms with Crippen LogP contribution in [0.3, 0.4) is 0 Å². The molecule has 6 nitrogen and oxygen atoms in total. The van der Waals surface area contributed by atoms with Gasteiger partial charge in [-0.05, 0) is 24.6 Å². The van der Waals surface area contributed by atoms with Gasteiger partial charge < -0.3 is 9.90 Å². The van der Waals surface area contributed by atoms with Gasteiger partial charge in [-0.3, -0.25) is 4.68 Å². The third-order valence-corrected chi connectivity index (χ3v) is 5.52. The molecule has 0 N–H and O–H groups in total. The Morgan fingerprint density at radius 1 is 1.03 bits per heavy atom. The van der Waals surface area contributed by atoms with Crippen molar-refractivity contribution in [2.24, 2.45) is 0 Å². The molecule has 0 aliphatic carbocycles. The monoisotopic (exact) mass is 437 g/mol. The van der Waals surface area contributed by atoms with E-state index in [1.54, 1.807) is 19.1 Å². The standard InChI is InChI=1S/C20H17F3N2O4S/c1-12-3-5-13(6-4-12)17-18(14-7-9-15(10-8-14)30(2,28)29)24-25(11-16(26)27)19(17)20(21,22)23/h3-10H,11H2,1-2H3,(H,26,27)/p-1. The Kier molecular flexibility index (Phi) is 5.46. The van der Waals surface area contributed by atoms with Gasteiger partial charge in [0.2, 0.25) is 0 Å². The van der Waals surface area contributed by atoms with Crippen LogP contribution >= 0.6 is 0 Å². The average Bonchev–Trinajstić information content (AvgIpc) is 3.00. The predicted octanol–water partition coefficient (Wildman–Crippen LogP) is 2.70. The summed E-state index contributed by atoms with van der Waals surface area (Å²) in [5, 5.41) is 14.9. The fourth-order valence-corrected chi connectivity index (χ4v) is 3.67. The Balaban J connectivity index is 2.32. The summed E-state index contributed by atoms with van der Waals surface area (Å²) in [5.74, 6) is -1.72. The van der Waals surface area contributed by atoms with Gasteiger partial charge in [0.15, 0.2) is 15.5 Å². The van der Waals surface area contributed by atoms with Gasteiger partial charge >= 0.3 is 6.18 Å². The molecule has 0 amide bonds. The Morgan fingerprint density at radius 3 is 2.03 bits per heavy atom. The molecule has 158 valence electrons. The van der Waals surface area contributed by atoms with Crippen LogP contribution in [0.4, 0.5) is 13.2 Å². The lowest BCUT2D eigenvalue weighted by atomic mass is 9.98. The number of halogens is 3. The van der Waals surface area contributed by atoms with Crippen LogP contribution in [0.15, 0.2) is 53.4 Å². The van der Waals surface area contributed by atoms with E-state index < -0.39 is 34.2 Å². The number of carboxylic acid groups (broad SMARTS) is 1. The Bertz CT molecular complexity index is 1200. The largest absolute Gasteiger partial charge is 0.548 e. The summed E-state index contributed by atoms with van der Waals surface area (Å²) in [6, 6.07) is 11.4. The van der Waals surface area contributed by atoms with Crippen LogP contribution in [0.1, 0.15) is 11.3 Å². The number of sulfone groups is 1. The first kappa shape index (κ1) is 21.6. The molecule has 30 heavy (non-hydrogen) atoms. The number of hydrogen-bond acceptors (Lipinski definition) is 5. The average molecular weight is 437 g/mol. The summed E-state index contributed by atoms with van der Waals surface area (Å²) in [6.45, 7) is 0.688. The zero-order valence-electron chi connectivity index (χ0n) is 15.9. The summed E-state index contributed by atoms with van der Waals surface area (Å²) in [4.78, 5) is 11.0. The number of rotatable bonds is 5. The van der Waals surface area contributed by atoms with Gasteiger partial charge in [-0.2, -0.15) is 18.3 Å². The Hall–Kier alpha value is -3.14. The molecule has 0 saturated heterocycles. The molecule has 2 aromatic carbocycles. The number of aromatic nitrogens is 2. The molecule has 0 saturated carbocycles. The minimum absolute atomic E-state index is 0.00616. The minimum atomic E-state index is -4.90. The van der Waals surface area contributed by atoms with Crippen molar-refractivity contribution < 1.29 is 31.5 Å². The number of carbonyl (C=O) groups excluding carboxylic acids is 1. The van der Waals surface area contributed by atoms with E-state index in [4.69, 9.17) is 0 Å². The van der Waals surface area contributed by atoms with Crippen molar-refractivity contribution in [1.29, 1.82) is 0 Å². The van der Waals surface area contributed by atoms with E-state index in [0.29, 0.717) is 4.68 Å². The Morgan fingerprint density at radius 2 is 1.57 bits per heavy atom. The van der Waals surface area contributed by atoms with Gasteiger partial charge in [-0.1, -0.05) is 42.0 Å². The summed E-state index contributed by atoms with van der Waals surface area (Å²) < 4.78 is 65.5. The van der Waals surface area contributed by atoms with Crippen LogP contribution in [-0.4, -0.2) is 30.4 Å². The van der Waals surface area contributed by atoms with Gasteiger partial charge in [-0.25, -0.2) is 8.42 Å². The lowest BCUT2D eigenvalue weighted by Crippen LogP contribution is -2.30. The summed E-state index contributed by atoms with van der Waals surface area (Å²) in [7, 11) is -3.50. The number of carbonyl (C=O) groups is 1. The maximum atomic E-state index is 13.9. The van der Waals surface area contributed by atoms with E-state index in [1.807, 2.05) is 0 Å². The molecule has 0 unspecified atom stereocenters. The Labute approximate surface area is 170 Å². The molecule has 1 heterocycles. The predicted molar refractivity (Wildman–Crippen MR) is 101 cm³/mol. The highest BCUT2D eigenvalue weighted by Crippen LogP contribution is 2.42. The highest BCUT2D eigenvalue weighted by Gasteiger charge is 2.40. The number of aliphatic carboxylic acids is 1. The summed E-state index contributed by atoms with van der Waals surface area (Å²) >= 11 is 0. The lowest BCUT2D eigenvalue weighted by Gasteiger charge is -2.13. The molecule has 0 aliphatic rings. The maximum Gasteiger partial charge on any atom is 0.433 e. The van der Waals surface area contributed by atoms with Crippen LogP contribution < -0.4 is 5.11 Å².